The minimum absolute atomic E-state index is 0.399. The zero-order valence-corrected chi connectivity index (χ0v) is 9.24. The second-order valence-corrected chi connectivity index (χ2v) is 3.34. The second kappa shape index (κ2) is 5.65. The third-order valence-corrected chi connectivity index (χ3v) is 2.27. The van der Waals surface area contributed by atoms with Gasteiger partial charge in [0, 0.05) is 18.0 Å². The summed E-state index contributed by atoms with van der Waals surface area (Å²) in [5.41, 5.74) is 6.21. The van der Waals surface area contributed by atoms with Crippen LogP contribution in [0.3, 0.4) is 0 Å². The fourth-order valence-corrected chi connectivity index (χ4v) is 1.45. The van der Waals surface area contributed by atoms with Gasteiger partial charge in [0.2, 0.25) is 6.43 Å². The molecule has 1 aromatic rings. The van der Waals surface area contributed by atoms with Crippen molar-refractivity contribution in [3.63, 3.8) is 0 Å². The molecular weight excluding hydrogens is 216 g/mol. The molecule has 0 aliphatic carbocycles. The number of alkyl halides is 2. The SMILES string of the molecule is COc1ccc(OC)c([C@@H](N)CC(F)F)c1. The molecule has 0 aliphatic rings. The van der Waals surface area contributed by atoms with Crippen LogP contribution in [0.15, 0.2) is 18.2 Å². The summed E-state index contributed by atoms with van der Waals surface area (Å²) in [6, 6.07) is 4.20. The summed E-state index contributed by atoms with van der Waals surface area (Å²) >= 11 is 0. The van der Waals surface area contributed by atoms with Crippen LogP contribution in [0.2, 0.25) is 0 Å². The molecule has 0 radical (unpaired) electrons. The topological polar surface area (TPSA) is 44.5 Å². The molecule has 0 fully saturated rings. The summed E-state index contributed by atoms with van der Waals surface area (Å²) in [4.78, 5) is 0. The summed E-state index contributed by atoms with van der Waals surface area (Å²) in [5.74, 6) is 1.06. The molecule has 0 saturated carbocycles. The molecule has 1 aromatic carbocycles. The van der Waals surface area contributed by atoms with Crippen LogP contribution in [-0.4, -0.2) is 20.6 Å². The van der Waals surface area contributed by atoms with Gasteiger partial charge in [-0.15, -0.1) is 0 Å². The van der Waals surface area contributed by atoms with E-state index in [4.69, 9.17) is 15.2 Å². The van der Waals surface area contributed by atoms with Crippen LogP contribution >= 0.6 is 0 Å². The highest BCUT2D eigenvalue weighted by molar-refractivity contribution is 5.42. The highest BCUT2D eigenvalue weighted by Gasteiger charge is 2.17. The number of rotatable bonds is 5. The fourth-order valence-electron chi connectivity index (χ4n) is 1.45. The van der Waals surface area contributed by atoms with Gasteiger partial charge >= 0.3 is 0 Å². The number of halogens is 2. The Bertz CT molecular complexity index is 345. The van der Waals surface area contributed by atoms with E-state index in [1.54, 1.807) is 18.2 Å². The van der Waals surface area contributed by atoms with Gasteiger partial charge in [0.05, 0.1) is 14.2 Å². The standard InChI is InChI=1S/C11H15F2NO2/c1-15-7-3-4-10(16-2)8(5-7)9(14)6-11(12)13/h3-5,9,11H,6,14H2,1-2H3/t9-/m0/s1. The van der Waals surface area contributed by atoms with E-state index < -0.39 is 18.9 Å². The van der Waals surface area contributed by atoms with Crippen LogP contribution in [0.4, 0.5) is 8.78 Å². The molecule has 1 atom stereocenters. The molecule has 3 nitrogen and oxygen atoms in total. The van der Waals surface area contributed by atoms with E-state index in [9.17, 15) is 8.78 Å². The lowest BCUT2D eigenvalue weighted by atomic mass is 10.0. The molecule has 0 aromatic heterocycles. The lowest BCUT2D eigenvalue weighted by molar-refractivity contribution is 0.128. The van der Waals surface area contributed by atoms with Crippen LogP contribution in [0, 0.1) is 0 Å². The molecular formula is C11H15F2NO2. The molecule has 0 bridgehead atoms. The molecule has 0 unspecified atom stereocenters. The number of benzene rings is 1. The highest BCUT2D eigenvalue weighted by atomic mass is 19.3. The smallest absolute Gasteiger partial charge is 0.240 e. The van der Waals surface area contributed by atoms with E-state index in [2.05, 4.69) is 0 Å². The number of hydrogen-bond acceptors (Lipinski definition) is 3. The summed E-state index contributed by atoms with van der Waals surface area (Å²) in [5, 5.41) is 0. The van der Waals surface area contributed by atoms with Crippen LogP contribution in [0.1, 0.15) is 18.0 Å². The van der Waals surface area contributed by atoms with Crippen molar-refractivity contribution in [2.24, 2.45) is 5.73 Å². The first-order valence-corrected chi connectivity index (χ1v) is 4.84. The van der Waals surface area contributed by atoms with Crippen molar-refractivity contribution < 1.29 is 18.3 Å². The van der Waals surface area contributed by atoms with Gasteiger partial charge in [-0.1, -0.05) is 0 Å². The summed E-state index contributed by atoms with van der Waals surface area (Å²) in [7, 11) is 2.98. The Morgan fingerprint density at radius 1 is 1.25 bits per heavy atom. The Morgan fingerprint density at radius 3 is 2.44 bits per heavy atom. The van der Waals surface area contributed by atoms with Gasteiger partial charge in [0.25, 0.3) is 0 Å². The average Bonchev–Trinajstić information content (AvgIpc) is 2.27. The molecule has 90 valence electrons. The lowest BCUT2D eigenvalue weighted by Gasteiger charge is -2.16. The monoisotopic (exact) mass is 231 g/mol. The molecule has 5 heteroatoms. The third-order valence-electron chi connectivity index (χ3n) is 2.27. The summed E-state index contributed by atoms with van der Waals surface area (Å²) in [6.07, 6.45) is -2.84. The van der Waals surface area contributed by atoms with Crippen LogP contribution in [0.5, 0.6) is 11.5 Å². The molecule has 16 heavy (non-hydrogen) atoms. The highest BCUT2D eigenvalue weighted by Crippen LogP contribution is 2.30. The van der Waals surface area contributed by atoms with Gasteiger partial charge in [-0.05, 0) is 18.2 Å². The zero-order chi connectivity index (χ0) is 12.1. The molecule has 0 amide bonds. The molecule has 0 heterocycles. The minimum Gasteiger partial charge on any atom is -0.497 e. The van der Waals surface area contributed by atoms with E-state index >= 15 is 0 Å². The molecule has 1 rings (SSSR count). The van der Waals surface area contributed by atoms with Crippen LogP contribution in [-0.2, 0) is 0 Å². The van der Waals surface area contributed by atoms with E-state index in [-0.39, 0.29) is 0 Å². The predicted octanol–water partition coefficient (Wildman–Crippen LogP) is 2.36. The molecule has 0 saturated heterocycles. The van der Waals surface area contributed by atoms with Crippen molar-refractivity contribution >= 4 is 0 Å². The number of methoxy groups -OCH3 is 2. The first-order valence-electron chi connectivity index (χ1n) is 4.84. The van der Waals surface area contributed by atoms with Crippen LogP contribution < -0.4 is 15.2 Å². The van der Waals surface area contributed by atoms with Crippen molar-refractivity contribution in [2.45, 2.75) is 18.9 Å². The lowest BCUT2D eigenvalue weighted by Crippen LogP contribution is -2.15. The van der Waals surface area contributed by atoms with E-state index in [1.807, 2.05) is 0 Å². The van der Waals surface area contributed by atoms with Gasteiger partial charge in [-0.3, -0.25) is 0 Å². The number of nitrogens with two attached hydrogens (primary N) is 1. The summed E-state index contributed by atoms with van der Waals surface area (Å²) in [6.45, 7) is 0. The van der Waals surface area contributed by atoms with Crippen molar-refractivity contribution in [3.8, 4) is 11.5 Å². The van der Waals surface area contributed by atoms with Gasteiger partial charge in [0.15, 0.2) is 0 Å². The Labute approximate surface area is 93.2 Å². The van der Waals surface area contributed by atoms with Gasteiger partial charge in [0.1, 0.15) is 11.5 Å². The Hall–Kier alpha value is -1.36. The van der Waals surface area contributed by atoms with Gasteiger partial charge in [-0.2, -0.15) is 0 Å². The third kappa shape index (κ3) is 3.06. The maximum atomic E-state index is 12.2. The van der Waals surface area contributed by atoms with Gasteiger partial charge in [-0.25, -0.2) is 8.78 Å². The summed E-state index contributed by atoms with van der Waals surface area (Å²) < 4.78 is 34.6. The van der Waals surface area contributed by atoms with Gasteiger partial charge < -0.3 is 15.2 Å². The Morgan fingerprint density at radius 2 is 1.94 bits per heavy atom. The fraction of sp³-hybridized carbons (Fsp3) is 0.455. The van der Waals surface area contributed by atoms with Crippen molar-refractivity contribution in [2.75, 3.05) is 14.2 Å². The average molecular weight is 231 g/mol. The maximum Gasteiger partial charge on any atom is 0.240 e. The second-order valence-electron chi connectivity index (χ2n) is 3.34. The molecule has 0 aliphatic heterocycles. The van der Waals surface area contributed by atoms with E-state index in [0.29, 0.717) is 17.1 Å². The number of hydrogen-bond donors (Lipinski definition) is 1. The quantitative estimate of drug-likeness (QED) is 0.846. The zero-order valence-electron chi connectivity index (χ0n) is 9.24. The first-order chi connectivity index (χ1) is 7.58. The normalized spacial score (nSPS) is 12.6. The largest absolute Gasteiger partial charge is 0.497 e. The Balaban J connectivity index is 2.98. The molecule has 2 N–H and O–H groups in total. The van der Waals surface area contributed by atoms with Crippen molar-refractivity contribution in [3.05, 3.63) is 23.8 Å². The van der Waals surface area contributed by atoms with E-state index in [0.717, 1.165) is 0 Å². The predicted molar refractivity (Wildman–Crippen MR) is 57.1 cm³/mol. The minimum atomic E-state index is -2.44. The van der Waals surface area contributed by atoms with Crippen LogP contribution in [0.25, 0.3) is 0 Å². The Kier molecular flexibility index (Phi) is 4.49. The molecule has 0 spiro atoms. The first kappa shape index (κ1) is 12.7. The maximum absolute atomic E-state index is 12.2. The van der Waals surface area contributed by atoms with Crippen molar-refractivity contribution in [1.82, 2.24) is 0 Å². The van der Waals surface area contributed by atoms with E-state index in [1.165, 1.54) is 14.2 Å². The van der Waals surface area contributed by atoms with Crippen molar-refractivity contribution in [1.29, 1.82) is 0 Å². The number of ether oxygens (including phenoxy) is 2.